The Morgan fingerprint density at radius 2 is 0.969 bits per heavy atom. The number of sulfonamides is 2. The van der Waals surface area contributed by atoms with Crippen LogP contribution in [0.2, 0.25) is 0 Å². The smallest absolute Gasteiger partial charge is 0.324 e. The number of isocyanates is 1. The van der Waals surface area contributed by atoms with Crippen molar-refractivity contribution in [2.24, 2.45) is 40.5 Å². The van der Waals surface area contributed by atoms with Gasteiger partial charge in [-0.05, 0) is 203 Å². The van der Waals surface area contributed by atoms with Crippen LogP contribution < -0.4 is 36.4 Å². The number of nitrogen functional groups attached to an aromatic ring is 1. The second-order valence-corrected chi connectivity index (χ2v) is 31.7. The molecule has 30 nitrogen and oxygen atoms in total. The predicted octanol–water partition coefficient (Wildman–Crippen LogP) is 6.77. The summed E-state index contributed by atoms with van der Waals surface area (Å²) in [5.74, 6) is 2.06. The molecule has 0 spiro atoms. The van der Waals surface area contributed by atoms with Crippen LogP contribution in [0, 0.1) is 35.5 Å². The van der Waals surface area contributed by atoms with Crippen molar-refractivity contribution in [1.29, 1.82) is 0 Å². The van der Waals surface area contributed by atoms with Gasteiger partial charge in [0.15, 0.2) is 64.7 Å². The molecular weight excluding hydrogens is 1290 g/mol. The number of fused-ring (bicyclic) bond motifs is 4. The number of aromatic nitrogens is 8. The van der Waals surface area contributed by atoms with E-state index in [0.29, 0.717) is 82.3 Å². The summed E-state index contributed by atoms with van der Waals surface area (Å²) in [5, 5.41) is 11.0. The fourth-order valence-corrected chi connectivity index (χ4v) is 20.5. The lowest BCUT2D eigenvalue weighted by molar-refractivity contribution is -0.198. The quantitative estimate of drug-likeness (QED) is 0.0412. The largest absolute Gasteiger partial charge is 0.382 e. The van der Waals surface area contributed by atoms with E-state index in [1.54, 1.807) is 41.4 Å². The number of carbonyl (C=O) groups excluding carboxylic acids is 4. The summed E-state index contributed by atoms with van der Waals surface area (Å²) in [6, 6.07) is 11.6. The van der Waals surface area contributed by atoms with Crippen LogP contribution >= 0.6 is 0 Å². The number of nitrogens with one attached hydrogen (secondary N) is 6. The molecule has 8 atom stereocenters. The molecule has 8 aliphatic carbocycles. The number of imidazole rings is 2. The number of carbonyl (C=O) groups is 3. The molecule has 4 amide bonds. The zero-order valence-electron chi connectivity index (χ0n) is 54.0. The van der Waals surface area contributed by atoms with Crippen molar-refractivity contribution in [1.82, 2.24) is 59.1 Å². The van der Waals surface area contributed by atoms with Crippen molar-refractivity contribution < 1.29 is 64.4 Å². The van der Waals surface area contributed by atoms with E-state index >= 15 is 0 Å². The monoisotopic (exact) mass is 1380 g/mol. The van der Waals surface area contributed by atoms with Gasteiger partial charge in [0.05, 0.1) is 28.1 Å². The number of rotatable bonds is 15. The number of aliphatic imine (C=N–C) groups is 1. The van der Waals surface area contributed by atoms with Gasteiger partial charge in [0, 0.05) is 29.9 Å². The average Bonchev–Trinajstić information content (AvgIpc) is 0.818. The standard InChI is InChI=1S/C32H40N8O7S.C17H20N2O3S.C15H20N6O4.CH4/c1-4-33-28(41)24-23-25(47-31(2,3)46-23)29(45-24)40-16-36-22-26(34-15-35-27(22)40)38-30(42)37-20-5-7-21(8-6-20)48(43,44)39-32-12-17-9-18(13-32)11-19(10-17)14-32;20-11-18-15-1-3-16(4-2-15)23(21,22)19-17-8-12-5-13(9-17)7-14(6-12)10-17;1-4-17-13(22)9-8-10(25-15(2,3)24-8)14(23-9)21-6-20-7-11(16)18-5-19-12(7)21;/h5-8,15-19,23-25,29,39H,4,9-14H2,1-3H3,(H,33,41)(H2,34,35,37,38,42);1-4,12-14,19H,5-10H2;5-6,8-10,14H,4H2,1-3H3,(H,17,22)(H2,16,18,19);1H4/t17?,18?,19?,23-,24+,25-,29-,32?;;8-,9+,10-,14-;/m1.1./s1. The Morgan fingerprint density at radius 3 is 1.40 bits per heavy atom. The number of nitrogens with zero attached hydrogens (tertiary/aromatic N) is 9. The van der Waals surface area contributed by atoms with Gasteiger partial charge in [0.2, 0.25) is 26.1 Å². The third-order valence-electron chi connectivity index (χ3n) is 20.3. The first-order chi connectivity index (χ1) is 45.8. The molecule has 12 fully saturated rings. The first kappa shape index (κ1) is 68.1. The second-order valence-electron chi connectivity index (χ2n) is 28.3. The molecule has 97 heavy (non-hydrogen) atoms. The van der Waals surface area contributed by atoms with Crippen LogP contribution in [-0.2, 0) is 62.9 Å². The topological polar surface area (TPSA) is 390 Å². The van der Waals surface area contributed by atoms with Crippen LogP contribution in [-0.4, -0.2) is 152 Å². The SMILES string of the molecule is C.CCNC(=O)[C@H]1O[C@@H](n2cnc3c(N)ncnc32)[C@@H]2OC(C)(C)O[C@@H]21.CCNC(=O)[C@H]1O[C@@H](n2cnc3c(NC(=O)Nc4ccc(S(=O)(=O)NC56CC7CC(CC(C7)C5)C6)cc4)ncnc32)[C@@H]2OC(C)(C)O[C@@H]21.O=C=Nc1ccc(S(=O)(=O)NC23CC4CC(CC(C4)C2)C3)cc1. The molecule has 4 saturated heterocycles. The molecule has 4 aliphatic heterocycles. The van der Waals surface area contributed by atoms with Gasteiger partial charge in [-0.25, -0.2) is 65.8 Å². The minimum absolute atomic E-state index is 0. The predicted molar refractivity (Wildman–Crippen MR) is 350 cm³/mol. The summed E-state index contributed by atoms with van der Waals surface area (Å²) in [6.45, 7) is 11.8. The highest BCUT2D eigenvalue weighted by Crippen LogP contribution is 2.58. The van der Waals surface area contributed by atoms with Crippen molar-refractivity contribution >= 4 is 89.3 Å². The van der Waals surface area contributed by atoms with Crippen molar-refractivity contribution in [3.63, 3.8) is 0 Å². The van der Waals surface area contributed by atoms with E-state index in [-0.39, 0.29) is 51.7 Å². The van der Waals surface area contributed by atoms with E-state index in [4.69, 9.17) is 34.2 Å². The van der Waals surface area contributed by atoms with Gasteiger partial charge in [-0.1, -0.05) is 7.43 Å². The molecule has 18 rings (SSSR count). The summed E-state index contributed by atoms with van der Waals surface area (Å²) in [6.07, 6.45) is 15.0. The van der Waals surface area contributed by atoms with E-state index in [0.717, 1.165) is 38.5 Å². The summed E-state index contributed by atoms with van der Waals surface area (Å²) in [7, 11) is -7.27. The highest BCUT2D eigenvalue weighted by molar-refractivity contribution is 7.89. The lowest BCUT2D eigenvalue weighted by atomic mass is 9.53. The Bertz CT molecular complexity index is 4190. The Labute approximate surface area is 561 Å². The van der Waals surface area contributed by atoms with Gasteiger partial charge in [0.25, 0.3) is 11.8 Å². The Morgan fingerprint density at radius 1 is 0.567 bits per heavy atom. The highest BCUT2D eigenvalue weighted by Gasteiger charge is 2.60. The molecule has 8 heterocycles. The maximum Gasteiger partial charge on any atom is 0.324 e. The third kappa shape index (κ3) is 13.5. The summed E-state index contributed by atoms with van der Waals surface area (Å²) >= 11 is 0. The van der Waals surface area contributed by atoms with Gasteiger partial charge in [-0.3, -0.25) is 24.0 Å². The summed E-state index contributed by atoms with van der Waals surface area (Å²) in [4.78, 5) is 77.8. The molecule has 2 aromatic carbocycles. The molecule has 4 aromatic heterocycles. The van der Waals surface area contributed by atoms with Crippen molar-refractivity contribution in [3.05, 3.63) is 73.8 Å². The van der Waals surface area contributed by atoms with Crippen molar-refractivity contribution in [2.45, 2.75) is 208 Å². The molecule has 520 valence electrons. The Kier molecular flexibility index (Phi) is 18.2. The average molecular weight is 1380 g/mol. The molecule has 6 aromatic rings. The summed E-state index contributed by atoms with van der Waals surface area (Å²) < 4.78 is 98.0. The second kappa shape index (κ2) is 26.0. The molecule has 12 aliphatic rings. The Hall–Kier alpha value is -7.49. The van der Waals surface area contributed by atoms with Gasteiger partial charge in [0.1, 0.15) is 42.6 Å². The number of benzene rings is 2. The van der Waals surface area contributed by atoms with Gasteiger partial charge >= 0.3 is 6.03 Å². The molecule has 0 radical (unpaired) electrons. The van der Waals surface area contributed by atoms with Crippen LogP contribution in [0.4, 0.5) is 27.8 Å². The molecule has 8 bridgehead atoms. The molecule has 0 unspecified atom stereocenters. The lowest BCUT2D eigenvalue weighted by Gasteiger charge is -2.56. The van der Waals surface area contributed by atoms with E-state index < -0.39 is 86.7 Å². The van der Waals surface area contributed by atoms with E-state index in [1.807, 2.05) is 27.7 Å². The van der Waals surface area contributed by atoms with E-state index in [2.05, 4.69) is 65.6 Å². The first-order valence-corrected chi connectivity index (χ1v) is 35.9. The van der Waals surface area contributed by atoms with Crippen LogP contribution in [0.5, 0.6) is 0 Å². The number of nitrogens with two attached hydrogens (primary N) is 1. The minimum Gasteiger partial charge on any atom is -0.382 e. The number of ether oxygens (including phenoxy) is 6. The third-order valence-corrected chi connectivity index (χ3v) is 23.5. The van der Waals surface area contributed by atoms with Crippen LogP contribution in [0.25, 0.3) is 22.3 Å². The highest BCUT2D eigenvalue weighted by atomic mass is 32.2. The normalized spacial score (nSPS) is 32.6. The fraction of sp³-hybridized carbons (Fsp3) is 0.600. The van der Waals surface area contributed by atoms with Crippen molar-refractivity contribution in [2.75, 3.05) is 29.5 Å². The minimum atomic E-state index is -3.72. The molecule has 32 heteroatoms. The van der Waals surface area contributed by atoms with Crippen LogP contribution in [0.15, 0.2) is 88.6 Å². The van der Waals surface area contributed by atoms with Crippen molar-refractivity contribution in [3.8, 4) is 0 Å². The fourth-order valence-electron chi connectivity index (χ4n) is 17.7. The zero-order valence-corrected chi connectivity index (χ0v) is 55.7. The lowest BCUT2D eigenvalue weighted by Crippen LogP contribution is -2.59. The van der Waals surface area contributed by atoms with Crippen LogP contribution in [0.3, 0.4) is 0 Å². The van der Waals surface area contributed by atoms with Gasteiger partial charge in [-0.15, -0.1) is 0 Å². The van der Waals surface area contributed by atoms with E-state index in [1.165, 1.54) is 100.0 Å². The van der Waals surface area contributed by atoms with Crippen LogP contribution in [0.1, 0.15) is 138 Å². The Balaban J connectivity index is 0.000000145. The number of amides is 4. The number of hydrogen-bond donors (Lipinski definition) is 7. The number of hydrogen-bond acceptors (Lipinski definition) is 22. The van der Waals surface area contributed by atoms with Gasteiger partial charge in [-0.2, -0.15) is 4.99 Å². The summed E-state index contributed by atoms with van der Waals surface area (Å²) in [5.41, 5.74) is 7.72. The number of urea groups is 1. The first-order valence-electron chi connectivity index (χ1n) is 32.9. The maximum atomic E-state index is 13.4. The number of likely N-dealkylation sites (N-methyl/N-ethyl adjacent to an activating group) is 2. The molecular formula is C65H84N16O14S2. The zero-order chi connectivity index (χ0) is 67.3. The number of anilines is 3. The van der Waals surface area contributed by atoms with Gasteiger partial charge < -0.3 is 50.1 Å². The van der Waals surface area contributed by atoms with E-state index in [9.17, 15) is 36.0 Å². The maximum absolute atomic E-state index is 13.4. The molecule has 8 N–H and O–H groups in total. The molecule has 8 saturated carbocycles.